The molecule has 0 atom stereocenters. The molecular weight excluding hydrogens is 196 g/mol. The summed E-state index contributed by atoms with van der Waals surface area (Å²) in [5, 5.41) is 0. The number of hydrogen-bond donors (Lipinski definition) is 1. The number of aryl methyl sites for hydroxylation is 1. The smallest absolute Gasteiger partial charge is 0.0239 e. The third-order valence-electron chi connectivity index (χ3n) is 3.71. The van der Waals surface area contributed by atoms with Crippen LogP contribution in [0.2, 0.25) is 0 Å². The topological polar surface area (TPSA) is 29.3 Å². The molecule has 0 unspecified atom stereocenters. The van der Waals surface area contributed by atoms with Crippen LogP contribution in [-0.4, -0.2) is 23.5 Å². The molecule has 2 nitrogen and oxygen atoms in total. The van der Waals surface area contributed by atoms with Crippen LogP contribution in [0.25, 0.3) is 0 Å². The first-order chi connectivity index (χ1) is 7.70. The maximum Gasteiger partial charge on any atom is 0.0239 e. The number of hydrogen-bond acceptors (Lipinski definition) is 2. The quantitative estimate of drug-likeness (QED) is 0.840. The molecule has 1 aromatic rings. The maximum absolute atomic E-state index is 5.86. The predicted octanol–water partition coefficient (Wildman–Crippen LogP) is 2.31. The summed E-state index contributed by atoms with van der Waals surface area (Å²) in [7, 11) is 0. The van der Waals surface area contributed by atoms with Crippen LogP contribution < -0.4 is 5.73 Å². The lowest BCUT2D eigenvalue weighted by Gasteiger charge is -2.41. The first-order valence-electron chi connectivity index (χ1n) is 6.24. The molecule has 0 amide bonds. The highest BCUT2D eigenvalue weighted by molar-refractivity contribution is 5.25. The fraction of sp³-hybridized carbons (Fsp3) is 0.571. The predicted molar refractivity (Wildman–Crippen MR) is 68.3 cm³/mol. The van der Waals surface area contributed by atoms with E-state index in [4.69, 9.17) is 5.73 Å². The molecule has 2 rings (SSSR count). The molecule has 88 valence electrons. The second kappa shape index (κ2) is 4.98. The summed E-state index contributed by atoms with van der Waals surface area (Å²) in [5.74, 6) is 0. The van der Waals surface area contributed by atoms with E-state index in [1.54, 1.807) is 0 Å². The minimum atomic E-state index is 0.441. The van der Waals surface area contributed by atoms with Crippen LogP contribution in [0.5, 0.6) is 0 Å². The molecule has 0 aliphatic heterocycles. The number of nitrogens with two attached hydrogens (primary N) is 1. The minimum Gasteiger partial charge on any atom is -0.328 e. The van der Waals surface area contributed by atoms with Crippen molar-refractivity contribution in [3.8, 4) is 0 Å². The van der Waals surface area contributed by atoms with E-state index in [1.165, 1.54) is 24.0 Å². The summed E-state index contributed by atoms with van der Waals surface area (Å²) in [6.07, 6.45) is 2.33. The van der Waals surface area contributed by atoms with Crippen molar-refractivity contribution < 1.29 is 0 Å². The van der Waals surface area contributed by atoms with Crippen molar-refractivity contribution in [1.82, 2.24) is 4.90 Å². The van der Waals surface area contributed by atoms with Gasteiger partial charge in [-0.1, -0.05) is 31.2 Å². The average molecular weight is 218 g/mol. The van der Waals surface area contributed by atoms with Crippen LogP contribution in [0.4, 0.5) is 0 Å². The monoisotopic (exact) mass is 218 g/mol. The molecule has 16 heavy (non-hydrogen) atoms. The molecule has 0 bridgehead atoms. The largest absolute Gasteiger partial charge is 0.328 e. The molecule has 0 heterocycles. The van der Waals surface area contributed by atoms with Gasteiger partial charge < -0.3 is 5.73 Å². The molecule has 0 spiro atoms. The molecular formula is C14H22N2. The van der Waals surface area contributed by atoms with Crippen LogP contribution in [0.15, 0.2) is 24.3 Å². The number of nitrogens with zero attached hydrogens (tertiary/aromatic N) is 1. The Morgan fingerprint density at radius 2 is 2.00 bits per heavy atom. The Hall–Kier alpha value is -0.860. The van der Waals surface area contributed by atoms with E-state index in [0.717, 1.165) is 13.1 Å². The molecule has 2 heteroatoms. The fourth-order valence-corrected chi connectivity index (χ4v) is 2.43. The lowest BCUT2D eigenvalue weighted by Crippen LogP contribution is -2.50. The third kappa shape index (κ3) is 2.45. The fourth-order valence-electron chi connectivity index (χ4n) is 2.43. The highest BCUT2D eigenvalue weighted by Gasteiger charge is 2.30. The lowest BCUT2D eigenvalue weighted by molar-refractivity contribution is 0.109. The Balaban J connectivity index is 1.99. The van der Waals surface area contributed by atoms with Gasteiger partial charge in [0.15, 0.2) is 0 Å². The molecule has 0 radical (unpaired) electrons. The van der Waals surface area contributed by atoms with Gasteiger partial charge in [-0.3, -0.25) is 4.90 Å². The van der Waals surface area contributed by atoms with Gasteiger partial charge in [0.25, 0.3) is 0 Å². The van der Waals surface area contributed by atoms with Gasteiger partial charge in [-0.05, 0) is 37.4 Å². The second-order valence-corrected chi connectivity index (χ2v) is 4.87. The Morgan fingerprint density at radius 3 is 2.56 bits per heavy atom. The molecule has 1 aliphatic carbocycles. The van der Waals surface area contributed by atoms with Crippen molar-refractivity contribution in [3.63, 3.8) is 0 Å². The first kappa shape index (κ1) is 11.6. The molecule has 1 aliphatic rings. The third-order valence-corrected chi connectivity index (χ3v) is 3.71. The van der Waals surface area contributed by atoms with E-state index >= 15 is 0 Å². The standard InChI is InChI=1S/C14H22N2/c1-3-16(14-8-13(15)9-14)10-12-7-5-4-6-11(12)2/h4-7,13-14H,3,8-10,15H2,1-2H3. The van der Waals surface area contributed by atoms with Crippen molar-refractivity contribution >= 4 is 0 Å². The second-order valence-electron chi connectivity index (χ2n) is 4.87. The molecule has 1 fully saturated rings. The lowest BCUT2D eigenvalue weighted by atomic mass is 9.86. The number of benzene rings is 1. The Morgan fingerprint density at radius 1 is 1.31 bits per heavy atom. The van der Waals surface area contributed by atoms with Crippen LogP contribution in [-0.2, 0) is 6.54 Å². The van der Waals surface area contributed by atoms with Gasteiger partial charge in [0.2, 0.25) is 0 Å². The Bertz CT molecular complexity index is 342. The van der Waals surface area contributed by atoms with E-state index in [-0.39, 0.29) is 0 Å². The van der Waals surface area contributed by atoms with Gasteiger partial charge >= 0.3 is 0 Å². The minimum absolute atomic E-state index is 0.441. The van der Waals surface area contributed by atoms with E-state index in [1.807, 2.05) is 0 Å². The van der Waals surface area contributed by atoms with Crippen LogP contribution in [0.1, 0.15) is 30.9 Å². The summed E-state index contributed by atoms with van der Waals surface area (Å²) in [4.78, 5) is 2.55. The van der Waals surface area contributed by atoms with Gasteiger partial charge in [0.1, 0.15) is 0 Å². The summed E-state index contributed by atoms with van der Waals surface area (Å²) in [6, 6.07) is 9.80. The Kier molecular flexibility index (Phi) is 3.62. The van der Waals surface area contributed by atoms with Crippen molar-refractivity contribution in [1.29, 1.82) is 0 Å². The molecule has 1 saturated carbocycles. The summed E-state index contributed by atoms with van der Waals surface area (Å²) < 4.78 is 0. The molecule has 2 N–H and O–H groups in total. The van der Waals surface area contributed by atoms with Crippen molar-refractivity contribution in [3.05, 3.63) is 35.4 Å². The van der Waals surface area contributed by atoms with Crippen LogP contribution >= 0.6 is 0 Å². The van der Waals surface area contributed by atoms with Gasteiger partial charge in [-0.2, -0.15) is 0 Å². The summed E-state index contributed by atoms with van der Waals surface area (Å²) in [6.45, 7) is 6.62. The van der Waals surface area contributed by atoms with Crippen molar-refractivity contribution in [2.24, 2.45) is 5.73 Å². The highest BCUT2D eigenvalue weighted by Crippen LogP contribution is 2.25. The van der Waals surface area contributed by atoms with E-state index < -0.39 is 0 Å². The molecule has 0 aromatic heterocycles. The van der Waals surface area contributed by atoms with E-state index in [9.17, 15) is 0 Å². The summed E-state index contributed by atoms with van der Waals surface area (Å²) in [5.41, 5.74) is 8.70. The van der Waals surface area contributed by atoms with Gasteiger partial charge in [0.05, 0.1) is 0 Å². The maximum atomic E-state index is 5.86. The van der Waals surface area contributed by atoms with Crippen LogP contribution in [0.3, 0.4) is 0 Å². The zero-order valence-corrected chi connectivity index (χ0v) is 10.3. The number of rotatable bonds is 4. The Labute approximate surface area is 98.4 Å². The highest BCUT2D eigenvalue weighted by atomic mass is 15.2. The van der Waals surface area contributed by atoms with Crippen molar-refractivity contribution in [2.75, 3.05) is 6.54 Å². The SMILES string of the molecule is CCN(Cc1ccccc1C)C1CC(N)C1. The zero-order chi connectivity index (χ0) is 11.5. The molecule has 0 saturated heterocycles. The normalized spacial score (nSPS) is 24.5. The summed E-state index contributed by atoms with van der Waals surface area (Å²) >= 11 is 0. The first-order valence-corrected chi connectivity index (χ1v) is 6.24. The molecule has 1 aromatic carbocycles. The van der Waals surface area contributed by atoms with Crippen molar-refractivity contribution in [2.45, 2.75) is 45.3 Å². The van der Waals surface area contributed by atoms with Gasteiger partial charge in [0, 0.05) is 18.6 Å². The van der Waals surface area contributed by atoms with Gasteiger partial charge in [-0.25, -0.2) is 0 Å². The van der Waals surface area contributed by atoms with E-state index in [0.29, 0.717) is 12.1 Å². The van der Waals surface area contributed by atoms with Gasteiger partial charge in [-0.15, -0.1) is 0 Å². The van der Waals surface area contributed by atoms with E-state index in [2.05, 4.69) is 43.0 Å². The zero-order valence-electron chi connectivity index (χ0n) is 10.3. The van der Waals surface area contributed by atoms with Crippen LogP contribution in [0, 0.1) is 6.92 Å². The average Bonchev–Trinajstić information content (AvgIpc) is 2.24.